The molecule has 0 aliphatic carbocycles. The van der Waals surface area contributed by atoms with E-state index in [9.17, 15) is 44.5 Å². The molecule has 2 atom stereocenters. The van der Waals surface area contributed by atoms with Crippen LogP contribution in [0.1, 0.15) is 0 Å². The number of hydrogen-bond acceptors (Lipinski definition) is 6. The summed E-state index contributed by atoms with van der Waals surface area (Å²) in [5, 5.41) is 17.3. The first kappa shape index (κ1) is 20.2. The maximum atomic E-state index is 12.5. The molecule has 0 aromatic rings. The molecule has 0 amide bonds. The molecule has 21 heavy (non-hydrogen) atoms. The Bertz CT molecular complexity index is 430. The molecular weight excluding hydrogens is 351 g/mol. The molecule has 0 saturated heterocycles. The van der Waals surface area contributed by atoms with Gasteiger partial charge in [0.25, 0.3) is 0 Å². The van der Waals surface area contributed by atoms with E-state index in [0.717, 1.165) is 0 Å². The van der Waals surface area contributed by atoms with Gasteiger partial charge < -0.3 is 10.2 Å². The number of rotatable bonds is 6. The van der Waals surface area contributed by atoms with Gasteiger partial charge in [0.1, 0.15) is 0 Å². The smallest absolute Gasteiger partial charge is 0.348 e. The minimum atomic E-state index is -6.66. The van der Waals surface area contributed by atoms with Gasteiger partial charge in [-0.15, -0.1) is 0 Å². The highest BCUT2D eigenvalue weighted by Crippen LogP contribution is 2.60. The molecule has 0 saturated carbocycles. The lowest BCUT2D eigenvalue weighted by Crippen LogP contribution is -2.40. The van der Waals surface area contributed by atoms with Crippen molar-refractivity contribution in [2.45, 2.75) is 24.2 Å². The Morgan fingerprint density at radius 2 is 1.57 bits per heavy atom. The first-order valence-electron chi connectivity index (χ1n) is 4.38. The predicted octanol–water partition coefficient (Wildman–Crippen LogP) is 1.77. The summed E-state index contributed by atoms with van der Waals surface area (Å²) in [4.78, 5) is 10.1. The molecule has 2 unspecified atom stereocenters. The van der Waals surface area contributed by atoms with Crippen molar-refractivity contribution in [1.82, 2.24) is 0 Å². The first-order valence-corrected chi connectivity index (χ1v) is 5.92. The van der Waals surface area contributed by atoms with Gasteiger partial charge in [-0.1, -0.05) is 0 Å². The van der Waals surface area contributed by atoms with Gasteiger partial charge in [0.2, 0.25) is 0 Å². The number of carbonyl (C=O) groups excluding carboxylic acids is 1. The lowest BCUT2D eigenvalue weighted by Gasteiger charge is -2.28. The molecule has 0 aromatic heterocycles. The summed E-state index contributed by atoms with van der Waals surface area (Å²) < 4.78 is 113. The first-order chi connectivity index (χ1) is 9.03. The Labute approximate surface area is 109 Å². The molecule has 0 radical (unpaired) electrons. The van der Waals surface area contributed by atoms with Crippen LogP contribution in [-0.4, -0.2) is 47.1 Å². The van der Waals surface area contributed by atoms with Crippen molar-refractivity contribution in [1.29, 1.82) is 0 Å². The maximum Gasteiger partial charge on any atom is 0.445 e. The van der Waals surface area contributed by atoms with Crippen molar-refractivity contribution < 1.29 is 63.7 Å². The SMILES string of the molecule is O=C(F)C(O)(O)P(=O)(OCC(F)(F)F)OC(F)C(F)(F)F. The zero-order valence-electron chi connectivity index (χ0n) is 9.28. The van der Waals surface area contributed by atoms with Crippen LogP contribution in [0.3, 0.4) is 0 Å². The Morgan fingerprint density at radius 3 is 1.86 bits per heavy atom. The molecule has 0 rings (SSSR count). The number of carbonyl (C=O) groups is 1. The average molecular weight is 356 g/mol. The van der Waals surface area contributed by atoms with Crippen LogP contribution in [0.15, 0.2) is 0 Å². The zero-order chi connectivity index (χ0) is 17.3. The third kappa shape index (κ3) is 5.47. The van der Waals surface area contributed by atoms with Crippen molar-refractivity contribution in [3.8, 4) is 0 Å². The molecule has 126 valence electrons. The normalized spacial score (nSPS) is 18.2. The van der Waals surface area contributed by atoms with Gasteiger partial charge in [0.15, 0.2) is 6.61 Å². The second kappa shape index (κ2) is 6.12. The highest BCUT2D eigenvalue weighted by atomic mass is 31.2. The summed E-state index contributed by atoms with van der Waals surface area (Å²) in [5.41, 5.74) is -5.06. The summed E-state index contributed by atoms with van der Waals surface area (Å²) in [6.45, 7) is -2.75. The minimum absolute atomic E-state index is 2.75. The van der Waals surface area contributed by atoms with Gasteiger partial charge in [0, 0.05) is 0 Å². The van der Waals surface area contributed by atoms with E-state index >= 15 is 0 Å². The summed E-state index contributed by atoms with van der Waals surface area (Å²) in [5.74, 6) is 0. The van der Waals surface area contributed by atoms with Crippen LogP contribution < -0.4 is 0 Å². The number of halogens is 8. The van der Waals surface area contributed by atoms with E-state index in [2.05, 4.69) is 9.05 Å². The second-order valence-electron chi connectivity index (χ2n) is 3.26. The Hall–Kier alpha value is -0.820. The Kier molecular flexibility index (Phi) is 5.88. The van der Waals surface area contributed by atoms with Gasteiger partial charge in [-0.25, -0.2) is 4.39 Å². The topological polar surface area (TPSA) is 93.1 Å². The van der Waals surface area contributed by atoms with Crippen molar-refractivity contribution in [3.63, 3.8) is 0 Å². The molecule has 15 heteroatoms. The largest absolute Gasteiger partial charge is 0.445 e. The lowest BCUT2D eigenvalue weighted by molar-refractivity contribution is -0.246. The van der Waals surface area contributed by atoms with E-state index in [0.29, 0.717) is 0 Å². The minimum Gasteiger partial charge on any atom is -0.348 e. The number of aliphatic hydroxyl groups is 2. The summed E-state index contributed by atoms with van der Waals surface area (Å²) >= 11 is 0. The molecule has 2 N–H and O–H groups in total. The van der Waals surface area contributed by atoms with Crippen molar-refractivity contribution in [2.75, 3.05) is 6.61 Å². The van der Waals surface area contributed by atoms with Crippen LogP contribution in [-0.2, 0) is 18.4 Å². The molecule has 0 aliphatic rings. The molecule has 0 bridgehead atoms. The number of hydrogen-bond donors (Lipinski definition) is 2. The van der Waals surface area contributed by atoms with Crippen molar-refractivity contribution in [2.24, 2.45) is 0 Å². The highest BCUT2D eigenvalue weighted by molar-refractivity contribution is 7.56. The molecule has 0 spiro atoms. The van der Waals surface area contributed by atoms with Crippen LogP contribution >= 0.6 is 7.60 Å². The quantitative estimate of drug-likeness (QED) is 0.326. The molecule has 0 heterocycles. The third-order valence-electron chi connectivity index (χ3n) is 1.53. The van der Waals surface area contributed by atoms with Crippen LogP contribution in [0.4, 0.5) is 35.1 Å². The van der Waals surface area contributed by atoms with E-state index in [1.807, 2.05) is 0 Å². The van der Waals surface area contributed by atoms with Gasteiger partial charge in [-0.3, -0.25) is 18.4 Å². The van der Waals surface area contributed by atoms with E-state index in [4.69, 9.17) is 10.2 Å². The summed E-state index contributed by atoms with van der Waals surface area (Å²) in [6, 6.07) is -3.48. The van der Waals surface area contributed by atoms with Crippen molar-refractivity contribution >= 4 is 13.6 Å². The number of alkyl halides is 7. The summed E-state index contributed by atoms with van der Waals surface area (Å²) in [6.07, 6.45) is -16.0. The van der Waals surface area contributed by atoms with Gasteiger partial charge in [-0.2, -0.15) is 30.7 Å². The molecule has 0 fully saturated rings. The van der Waals surface area contributed by atoms with E-state index in [1.165, 1.54) is 0 Å². The van der Waals surface area contributed by atoms with E-state index in [1.54, 1.807) is 0 Å². The average Bonchev–Trinajstić information content (AvgIpc) is 2.23. The summed E-state index contributed by atoms with van der Waals surface area (Å²) in [7, 11) is -6.66. The predicted molar refractivity (Wildman–Crippen MR) is 44.9 cm³/mol. The van der Waals surface area contributed by atoms with Crippen LogP contribution in [0, 0.1) is 0 Å². The molecule has 0 aromatic carbocycles. The second-order valence-corrected chi connectivity index (χ2v) is 5.35. The maximum absolute atomic E-state index is 12.5. The lowest BCUT2D eigenvalue weighted by atomic mass is 10.7. The van der Waals surface area contributed by atoms with Crippen LogP contribution in [0.25, 0.3) is 0 Å². The fraction of sp³-hybridized carbons (Fsp3) is 0.833. The van der Waals surface area contributed by atoms with Crippen LogP contribution in [0.2, 0.25) is 0 Å². The van der Waals surface area contributed by atoms with Crippen LogP contribution in [0.5, 0.6) is 0 Å². The monoisotopic (exact) mass is 356 g/mol. The zero-order valence-corrected chi connectivity index (χ0v) is 10.2. The van der Waals surface area contributed by atoms with Gasteiger partial charge in [0.05, 0.1) is 0 Å². The van der Waals surface area contributed by atoms with Gasteiger partial charge in [-0.05, 0) is 0 Å². The standard InChI is InChI=1S/C6H5F8O6P/c7-2(15)6(16,17)21(18,19-1-4(9,10)11)20-3(8)5(12,13)14/h3,16-17H,1H2. The third-order valence-corrected chi connectivity index (χ3v) is 3.40. The Morgan fingerprint density at radius 1 is 1.14 bits per heavy atom. The van der Waals surface area contributed by atoms with Crippen molar-refractivity contribution in [3.05, 3.63) is 0 Å². The Balaban J connectivity index is 5.48. The molecule has 6 nitrogen and oxygen atoms in total. The van der Waals surface area contributed by atoms with E-state index < -0.39 is 44.5 Å². The van der Waals surface area contributed by atoms with Gasteiger partial charge >= 0.3 is 37.9 Å². The highest BCUT2D eigenvalue weighted by Gasteiger charge is 2.61. The fourth-order valence-corrected chi connectivity index (χ4v) is 1.92. The van der Waals surface area contributed by atoms with E-state index in [-0.39, 0.29) is 0 Å². The molecule has 0 aliphatic heterocycles. The molecular formula is C6H5F8O6P. The fourth-order valence-electron chi connectivity index (χ4n) is 0.641.